The Morgan fingerprint density at radius 3 is 2.88 bits per heavy atom. The lowest BCUT2D eigenvalue weighted by Gasteiger charge is -2.05. The van der Waals surface area contributed by atoms with Gasteiger partial charge in [-0.3, -0.25) is 4.79 Å². The van der Waals surface area contributed by atoms with Crippen molar-refractivity contribution in [2.45, 2.75) is 19.8 Å². The number of amides is 1. The average molecular weight is 225 g/mol. The third-order valence-corrected chi connectivity index (χ3v) is 2.24. The van der Waals surface area contributed by atoms with Crippen LogP contribution in [0.3, 0.4) is 0 Å². The Morgan fingerprint density at radius 1 is 1.50 bits per heavy atom. The van der Waals surface area contributed by atoms with Gasteiger partial charge in [0.2, 0.25) is 5.91 Å². The normalized spacial score (nSPS) is 10.2. The van der Waals surface area contributed by atoms with Gasteiger partial charge >= 0.3 is 0 Å². The lowest BCUT2D eigenvalue weighted by molar-refractivity contribution is -0.120. The van der Waals surface area contributed by atoms with E-state index in [0.29, 0.717) is 18.5 Å². The zero-order chi connectivity index (χ0) is 12.0. The van der Waals surface area contributed by atoms with Gasteiger partial charge in [0.05, 0.1) is 6.42 Å². The molecular formula is C12H16FNO2. The number of aliphatic hydroxyl groups excluding tert-OH is 1. The Morgan fingerprint density at radius 2 is 2.25 bits per heavy atom. The van der Waals surface area contributed by atoms with E-state index < -0.39 is 0 Å². The summed E-state index contributed by atoms with van der Waals surface area (Å²) in [7, 11) is 0. The maximum Gasteiger partial charge on any atom is 0.224 e. The van der Waals surface area contributed by atoms with Gasteiger partial charge in [-0.15, -0.1) is 0 Å². The van der Waals surface area contributed by atoms with Gasteiger partial charge in [0.1, 0.15) is 5.82 Å². The number of hydrogen-bond donors (Lipinski definition) is 2. The topological polar surface area (TPSA) is 49.3 Å². The minimum absolute atomic E-state index is 0.0654. The van der Waals surface area contributed by atoms with Crippen LogP contribution in [0, 0.1) is 12.7 Å². The molecule has 1 amide bonds. The Kier molecular flexibility index (Phi) is 4.92. The highest BCUT2D eigenvalue weighted by molar-refractivity contribution is 5.78. The van der Waals surface area contributed by atoms with Gasteiger partial charge in [-0.05, 0) is 30.5 Å². The van der Waals surface area contributed by atoms with E-state index in [1.54, 1.807) is 19.1 Å². The van der Waals surface area contributed by atoms with Crippen LogP contribution in [0.1, 0.15) is 17.5 Å². The summed E-state index contributed by atoms with van der Waals surface area (Å²) in [5.41, 5.74) is 1.33. The first kappa shape index (κ1) is 12.6. The molecule has 88 valence electrons. The molecule has 0 saturated carbocycles. The van der Waals surface area contributed by atoms with Crippen LogP contribution in [0.4, 0.5) is 4.39 Å². The molecule has 3 nitrogen and oxygen atoms in total. The molecule has 0 aliphatic heterocycles. The summed E-state index contributed by atoms with van der Waals surface area (Å²) in [5.74, 6) is -0.371. The van der Waals surface area contributed by atoms with E-state index in [1.165, 1.54) is 6.07 Å². The first-order valence-electron chi connectivity index (χ1n) is 5.26. The Labute approximate surface area is 94.3 Å². The van der Waals surface area contributed by atoms with Crippen molar-refractivity contribution in [3.63, 3.8) is 0 Å². The molecule has 0 fully saturated rings. The highest BCUT2D eigenvalue weighted by Gasteiger charge is 2.04. The van der Waals surface area contributed by atoms with Gasteiger partial charge in [-0.25, -0.2) is 4.39 Å². The smallest absolute Gasteiger partial charge is 0.224 e. The van der Waals surface area contributed by atoms with E-state index in [1.807, 2.05) is 0 Å². The minimum atomic E-state index is -0.260. The van der Waals surface area contributed by atoms with Crippen LogP contribution < -0.4 is 5.32 Å². The molecule has 0 radical (unpaired) electrons. The molecule has 0 aromatic heterocycles. The fourth-order valence-electron chi connectivity index (χ4n) is 1.37. The molecule has 2 N–H and O–H groups in total. The maximum absolute atomic E-state index is 13.0. The summed E-state index contributed by atoms with van der Waals surface area (Å²) in [6.45, 7) is 2.20. The van der Waals surface area contributed by atoms with Crippen LogP contribution in [0.15, 0.2) is 18.2 Å². The second kappa shape index (κ2) is 6.23. The fourth-order valence-corrected chi connectivity index (χ4v) is 1.37. The molecule has 0 atom stereocenters. The molecule has 0 saturated heterocycles. The summed E-state index contributed by atoms with van der Waals surface area (Å²) in [6.07, 6.45) is 0.792. The number of halogens is 1. The fraction of sp³-hybridized carbons (Fsp3) is 0.417. The van der Waals surface area contributed by atoms with Crippen LogP contribution >= 0.6 is 0 Å². The quantitative estimate of drug-likeness (QED) is 0.739. The van der Waals surface area contributed by atoms with Crippen molar-refractivity contribution in [1.29, 1.82) is 0 Å². The van der Waals surface area contributed by atoms with Crippen LogP contribution in [0.2, 0.25) is 0 Å². The SMILES string of the molecule is Cc1cc(CC(=O)NCCCO)ccc1F. The third-order valence-electron chi connectivity index (χ3n) is 2.24. The Bertz CT molecular complexity index is 366. The van der Waals surface area contributed by atoms with Crippen molar-refractivity contribution in [1.82, 2.24) is 5.32 Å². The number of hydrogen-bond acceptors (Lipinski definition) is 2. The van der Waals surface area contributed by atoms with E-state index in [0.717, 1.165) is 5.56 Å². The molecule has 4 heteroatoms. The predicted molar refractivity (Wildman–Crippen MR) is 59.6 cm³/mol. The summed E-state index contributed by atoms with van der Waals surface area (Å²) >= 11 is 0. The molecule has 1 aromatic carbocycles. The molecule has 0 heterocycles. The number of aryl methyl sites for hydroxylation is 1. The average Bonchev–Trinajstić information content (AvgIpc) is 2.24. The zero-order valence-electron chi connectivity index (χ0n) is 9.29. The highest BCUT2D eigenvalue weighted by Crippen LogP contribution is 2.09. The monoisotopic (exact) mass is 225 g/mol. The summed E-state index contributed by atoms with van der Waals surface area (Å²) in [5, 5.41) is 11.2. The van der Waals surface area contributed by atoms with Gasteiger partial charge in [0.25, 0.3) is 0 Å². The van der Waals surface area contributed by atoms with Crippen molar-refractivity contribution >= 4 is 5.91 Å². The van der Waals surface area contributed by atoms with Crippen molar-refractivity contribution < 1.29 is 14.3 Å². The standard InChI is InChI=1S/C12H16FNO2/c1-9-7-10(3-4-11(9)13)8-12(16)14-5-2-6-15/h3-4,7,15H,2,5-6,8H2,1H3,(H,14,16). The largest absolute Gasteiger partial charge is 0.396 e. The van der Waals surface area contributed by atoms with Crippen LogP contribution in [0.5, 0.6) is 0 Å². The van der Waals surface area contributed by atoms with Crippen molar-refractivity contribution in [2.24, 2.45) is 0 Å². The van der Waals surface area contributed by atoms with E-state index in [4.69, 9.17) is 5.11 Å². The first-order chi connectivity index (χ1) is 7.63. The highest BCUT2D eigenvalue weighted by atomic mass is 19.1. The minimum Gasteiger partial charge on any atom is -0.396 e. The number of carbonyl (C=O) groups is 1. The van der Waals surface area contributed by atoms with Gasteiger partial charge in [-0.2, -0.15) is 0 Å². The predicted octanol–water partition coefficient (Wildman–Crippen LogP) is 1.18. The molecular weight excluding hydrogens is 209 g/mol. The molecule has 0 bridgehead atoms. The molecule has 0 spiro atoms. The van der Waals surface area contributed by atoms with E-state index in [2.05, 4.69) is 5.32 Å². The zero-order valence-corrected chi connectivity index (χ0v) is 9.29. The molecule has 0 unspecified atom stereocenters. The second-order valence-corrected chi connectivity index (χ2v) is 3.69. The van der Waals surface area contributed by atoms with Gasteiger partial charge < -0.3 is 10.4 Å². The second-order valence-electron chi connectivity index (χ2n) is 3.69. The molecule has 16 heavy (non-hydrogen) atoms. The van der Waals surface area contributed by atoms with Gasteiger partial charge in [-0.1, -0.05) is 12.1 Å². The third kappa shape index (κ3) is 3.98. The maximum atomic E-state index is 13.0. The number of aliphatic hydroxyl groups is 1. The van der Waals surface area contributed by atoms with Crippen molar-refractivity contribution in [3.8, 4) is 0 Å². The van der Waals surface area contributed by atoms with E-state index in [9.17, 15) is 9.18 Å². The summed E-state index contributed by atoms with van der Waals surface area (Å²) < 4.78 is 13.0. The van der Waals surface area contributed by atoms with Crippen LogP contribution in [-0.2, 0) is 11.2 Å². The lowest BCUT2D eigenvalue weighted by Crippen LogP contribution is -2.26. The Balaban J connectivity index is 2.46. The number of nitrogens with one attached hydrogen (secondary N) is 1. The molecule has 1 rings (SSSR count). The van der Waals surface area contributed by atoms with Crippen molar-refractivity contribution in [3.05, 3.63) is 35.1 Å². The molecule has 0 aliphatic rings. The van der Waals surface area contributed by atoms with Crippen molar-refractivity contribution in [2.75, 3.05) is 13.2 Å². The van der Waals surface area contributed by atoms with Gasteiger partial charge in [0.15, 0.2) is 0 Å². The number of rotatable bonds is 5. The molecule has 1 aromatic rings. The summed E-state index contributed by atoms with van der Waals surface area (Å²) in [6, 6.07) is 4.64. The van der Waals surface area contributed by atoms with Gasteiger partial charge in [0, 0.05) is 13.2 Å². The Hall–Kier alpha value is -1.42. The molecule has 0 aliphatic carbocycles. The number of carbonyl (C=O) groups excluding carboxylic acids is 1. The van der Waals surface area contributed by atoms with Crippen LogP contribution in [-0.4, -0.2) is 24.2 Å². The van der Waals surface area contributed by atoms with Crippen LogP contribution in [0.25, 0.3) is 0 Å². The van der Waals surface area contributed by atoms with E-state index >= 15 is 0 Å². The first-order valence-corrected chi connectivity index (χ1v) is 5.26. The summed E-state index contributed by atoms with van der Waals surface area (Å²) in [4.78, 5) is 11.4. The number of benzene rings is 1. The van der Waals surface area contributed by atoms with E-state index in [-0.39, 0.29) is 24.8 Å². The lowest BCUT2D eigenvalue weighted by atomic mass is 10.1.